The van der Waals surface area contributed by atoms with Gasteiger partial charge in [-0.3, -0.25) is 0 Å². The van der Waals surface area contributed by atoms with Gasteiger partial charge in [0, 0.05) is 34.9 Å². The first-order valence-corrected chi connectivity index (χ1v) is 30.2. The third kappa shape index (κ3) is 8.21. The molecule has 0 bridgehead atoms. The van der Waals surface area contributed by atoms with Crippen LogP contribution in [0.25, 0.3) is 33.4 Å². The first-order chi connectivity index (χ1) is 41.4. The van der Waals surface area contributed by atoms with Crippen LogP contribution in [0.4, 0.5) is 34.1 Å². The maximum absolute atomic E-state index is 2.50. The third-order valence-electron chi connectivity index (χ3n) is 18.8. The summed E-state index contributed by atoms with van der Waals surface area (Å²) in [6, 6.07) is 110. The molecule has 85 heavy (non-hydrogen) atoms. The molecule has 0 fully saturated rings. The van der Waals surface area contributed by atoms with Crippen LogP contribution in [0.2, 0.25) is 0 Å². The van der Waals surface area contributed by atoms with E-state index in [1.165, 1.54) is 106 Å². The highest BCUT2D eigenvalue weighted by atomic mass is 15.2. The van der Waals surface area contributed by atoms with Gasteiger partial charge in [-0.25, -0.2) is 0 Å². The summed E-state index contributed by atoms with van der Waals surface area (Å²) in [7, 11) is 0. The molecule has 12 aromatic rings. The summed E-state index contributed by atoms with van der Waals surface area (Å²) in [5.41, 5.74) is 29.1. The van der Waals surface area contributed by atoms with Crippen molar-refractivity contribution in [2.24, 2.45) is 0 Å². The van der Waals surface area contributed by atoms with E-state index < -0.39 is 10.8 Å². The average molecular weight is 1090 g/mol. The molecule has 3 aliphatic carbocycles. The maximum Gasteiger partial charge on any atom is 0.0713 e. The number of hydrogen-bond acceptors (Lipinski definition) is 2. The summed E-state index contributed by atoms with van der Waals surface area (Å²) >= 11 is 0. The lowest BCUT2D eigenvalue weighted by atomic mass is 9.68. The maximum atomic E-state index is 2.50. The summed E-state index contributed by atoms with van der Waals surface area (Å²) in [4.78, 5) is 4.96. The Hall–Kier alpha value is -9.76. The van der Waals surface area contributed by atoms with E-state index >= 15 is 0 Å². The van der Waals surface area contributed by atoms with E-state index in [4.69, 9.17) is 0 Å². The SMILES string of the molecule is CC(C)(C)c1ccc(N(c2ccc(C3(c4ccccc4)c4ccccc4-c4ccccc43)cc2)c2ccc3c(c2)-c2cccc(N(c4ccc(C(C)(C)C)cc4)c4ccc(C5(c6ccccc6)c6ccccc6-c6ccccc65)cc4)c2C3)cc1. The molecule has 0 heterocycles. The summed E-state index contributed by atoms with van der Waals surface area (Å²) < 4.78 is 0. The van der Waals surface area contributed by atoms with Crippen LogP contribution in [0.5, 0.6) is 0 Å². The van der Waals surface area contributed by atoms with E-state index in [1.54, 1.807) is 0 Å². The van der Waals surface area contributed by atoms with Crippen molar-refractivity contribution < 1.29 is 0 Å². The van der Waals surface area contributed by atoms with Crippen molar-refractivity contribution in [1.82, 2.24) is 0 Å². The Kier molecular flexibility index (Phi) is 12.2. The van der Waals surface area contributed by atoms with Gasteiger partial charge < -0.3 is 9.80 Å². The highest BCUT2D eigenvalue weighted by molar-refractivity contribution is 5.92. The minimum absolute atomic E-state index is 0.0152. The lowest BCUT2D eigenvalue weighted by molar-refractivity contribution is 0.590. The number of hydrogen-bond donors (Lipinski definition) is 0. The van der Waals surface area contributed by atoms with Gasteiger partial charge in [0.15, 0.2) is 0 Å². The fourth-order valence-electron chi connectivity index (χ4n) is 14.8. The van der Waals surface area contributed by atoms with E-state index in [0.29, 0.717) is 0 Å². The zero-order valence-electron chi connectivity index (χ0n) is 49.3. The normalized spacial score (nSPS) is 13.9. The molecule has 0 N–H and O–H groups in total. The summed E-state index contributed by atoms with van der Waals surface area (Å²) in [5.74, 6) is 0. The van der Waals surface area contributed by atoms with Crippen LogP contribution >= 0.6 is 0 Å². The van der Waals surface area contributed by atoms with Gasteiger partial charge in [-0.05, 0) is 178 Å². The minimum Gasteiger partial charge on any atom is -0.310 e. The van der Waals surface area contributed by atoms with E-state index in [1.807, 2.05) is 0 Å². The van der Waals surface area contributed by atoms with Crippen LogP contribution in [-0.4, -0.2) is 0 Å². The van der Waals surface area contributed by atoms with Crippen LogP contribution in [0.1, 0.15) is 108 Å². The molecule has 12 aromatic carbocycles. The Morgan fingerprint density at radius 2 is 0.600 bits per heavy atom. The first-order valence-electron chi connectivity index (χ1n) is 30.2. The van der Waals surface area contributed by atoms with Gasteiger partial charge >= 0.3 is 0 Å². The van der Waals surface area contributed by atoms with Gasteiger partial charge in [-0.15, -0.1) is 0 Å². The fourth-order valence-corrected chi connectivity index (χ4v) is 14.8. The molecule has 0 amide bonds. The van der Waals surface area contributed by atoms with Crippen LogP contribution in [0.15, 0.2) is 291 Å². The summed E-state index contributed by atoms with van der Waals surface area (Å²) in [5, 5.41) is 0. The lowest BCUT2D eigenvalue weighted by Gasteiger charge is -2.34. The monoisotopic (exact) mass is 1090 g/mol. The topological polar surface area (TPSA) is 6.48 Å². The molecule has 0 saturated carbocycles. The van der Waals surface area contributed by atoms with Gasteiger partial charge in [0.05, 0.1) is 16.5 Å². The van der Waals surface area contributed by atoms with E-state index in [2.05, 4.69) is 343 Å². The molecule has 3 aliphatic rings. The Morgan fingerprint density at radius 3 is 1.00 bits per heavy atom. The van der Waals surface area contributed by atoms with Gasteiger partial charge in [0.2, 0.25) is 0 Å². The zero-order chi connectivity index (χ0) is 57.7. The third-order valence-corrected chi connectivity index (χ3v) is 18.8. The van der Waals surface area contributed by atoms with Crippen molar-refractivity contribution in [3.05, 3.63) is 358 Å². The van der Waals surface area contributed by atoms with Gasteiger partial charge in [-0.1, -0.05) is 266 Å². The molecule has 0 aliphatic heterocycles. The Morgan fingerprint density at radius 1 is 0.271 bits per heavy atom. The van der Waals surface area contributed by atoms with E-state index in [9.17, 15) is 0 Å². The molecule has 0 atom stereocenters. The number of benzene rings is 12. The summed E-state index contributed by atoms with van der Waals surface area (Å²) in [6.07, 6.45) is 0.819. The van der Waals surface area contributed by atoms with Crippen molar-refractivity contribution in [2.45, 2.75) is 69.6 Å². The van der Waals surface area contributed by atoms with Crippen molar-refractivity contribution in [3.8, 4) is 33.4 Å². The van der Waals surface area contributed by atoms with E-state index in [0.717, 1.165) is 34.9 Å². The number of rotatable bonds is 10. The smallest absolute Gasteiger partial charge is 0.0713 e. The van der Waals surface area contributed by atoms with Gasteiger partial charge in [0.1, 0.15) is 0 Å². The van der Waals surface area contributed by atoms with Crippen molar-refractivity contribution >= 4 is 34.1 Å². The first kappa shape index (κ1) is 52.1. The fraction of sp³-hybridized carbons (Fsp3) is 0.133. The van der Waals surface area contributed by atoms with Crippen LogP contribution < -0.4 is 9.80 Å². The number of fused-ring (bicyclic) bond motifs is 9. The van der Waals surface area contributed by atoms with Crippen molar-refractivity contribution in [2.75, 3.05) is 9.80 Å². The molecule has 0 saturated heterocycles. The summed E-state index contributed by atoms with van der Waals surface area (Å²) in [6.45, 7) is 13.8. The van der Waals surface area contributed by atoms with Crippen LogP contribution in [0.3, 0.4) is 0 Å². The molecular weight excluding hydrogens is 1020 g/mol. The predicted octanol–water partition coefficient (Wildman–Crippen LogP) is 21.5. The number of nitrogens with zero attached hydrogens (tertiary/aromatic N) is 2. The standard InChI is InChI=1S/C83H68N2/c1-80(2,3)57-37-46-63(47-38-57)84(64-50-41-61(42-51-64)82(59-22-9-7-10-23-59)75-31-17-13-26-69(75)70-27-14-18-32-76(70)82)67-45-36-56-54-74-68(73(56)55-67)30-21-35-79(74)85(65-48-39-58(40-49-65)81(4,5)6)66-52-43-62(44-53-66)83(60-24-11-8-12-25-60)77-33-19-15-28-71(77)72-29-16-20-34-78(72)83/h7-53,55H,54H2,1-6H3. The zero-order valence-corrected chi connectivity index (χ0v) is 49.3. The lowest BCUT2D eigenvalue weighted by Crippen LogP contribution is -2.28. The number of anilines is 6. The molecule has 15 rings (SSSR count). The Labute approximate surface area is 502 Å². The quantitative estimate of drug-likeness (QED) is 0.135. The van der Waals surface area contributed by atoms with E-state index in [-0.39, 0.29) is 10.8 Å². The molecule has 2 nitrogen and oxygen atoms in total. The molecule has 410 valence electrons. The van der Waals surface area contributed by atoms with Gasteiger partial charge in [-0.2, -0.15) is 0 Å². The highest BCUT2D eigenvalue weighted by Crippen LogP contribution is 2.59. The Balaban J connectivity index is 0.855. The van der Waals surface area contributed by atoms with Crippen LogP contribution in [-0.2, 0) is 28.1 Å². The molecule has 0 radical (unpaired) electrons. The van der Waals surface area contributed by atoms with Gasteiger partial charge in [0.25, 0.3) is 0 Å². The predicted molar refractivity (Wildman–Crippen MR) is 356 cm³/mol. The molecule has 0 spiro atoms. The molecule has 0 aromatic heterocycles. The van der Waals surface area contributed by atoms with Crippen molar-refractivity contribution in [3.63, 3.8) is 0 Å². The minimum atomic E-state index is -0.483. The second kappa shape index (κ2) is 20.0. The Bertz CT molecular complexity index is 4390. The van der Waals surface area contributed by atoms with Crippen LogP contribution in [0, 0.1) is 0 Å². The second-order valence-corrected chi connectivity index (χ2v) is 25.6. The van der Waals surface area contributed by atoms with Crippen molar-refractivity contribution in [1.29, 1.82) is 0 Å². The molecule has 2 heteroatoms. The average Bonchev–Trinajstić information content (AvgIpc) is 1.61. The molecular formula is C83H68N2. The molecule has 0 unspecified atom stereocenters. The highest BCUT2D eigenvalue weighted by Gasteiger charge is 2.47. The largest absolute Gasteiger partial charge is 0.310 e. The second-order valence-electron chi connectivity index (χ2n) is 25.6.